The van der Waals surface area contributed by atoms with Gasteiger partial charge < -0.3 is 10.6 Å². The Kier molecular flexibility index (Phi) is 4.16. The zero-order chi connectivity index (χ0) is 17.3. The Hall–Kier alpha value is -2.58. The fourth-order valence-corrected chi connectivity index (χ4v) is 2.56. The Labute approximate surface area is 134 Å². The minimum absolute atomic E-state index is 0.113. The molecule has 1 aromatic carbocycles. The highest BCUT2D eigenvalue weighted by atomic mass is 19.4. The molecule has 1 fully saturated rings. The molecule has 2 aromatic rings. The number of aromatic nitrogens is 2. The summed E-state index contributed by atoms with van der Waals surface area (Å²) in [7, 11) is 0. The van der Waals surface area contributed by atoms with Crippen molar-refractivity contribution in [2.24, 2.45) is 0 Å². The fraction of sp³-hybridized carbons (Fsp3) is 0.333. The van der Waals surface area contributed by atoms with E-state index in [2.05, 4.69) is 15.7 Å². The van der Waals surface area contributed by atoms with E-state index in [-0.39, 0.29) is 18.0 Å². The predicted molar refractivity (Wildman–Crippen MR) is 77.6 cm³/mol. The fourth-order valence-electron chi connectivity index (χ4n) is 2.56. The van der Waals surface area contributed by atoms with E-state index in [4.69, 9.17) is 0 Å². The monoisotopic (exact) mass is 342 g/mol. The standard InChI is InChI=1S/C15H14F4N4O/c16-13-9(2-1-3-10(13)15(17,18)19)8-21-12-5-7-23(22-12)11-4-6-20-14(11)24/h1-3,5,7,11H,4,6,8H2,(H,20,24)(H,21,22). The molecule has 1 atom stereocenters. The molecule has 24 heavy (non-hydrogen) atoms. The lowest BCUT2D eigenvalue weighted by Gasteiger charge is -2.11. The third-order valence-corrected chi connectivity index (χ3v) is 3.79. The van der Waals surface area contributed by atoms with E-state index in [0.717, 1.165) is 6.07 Å². The summed E-state index contributed by atoms with van der Waals surface area (Å²) in [6.07, 6.45) is -2.53. The van der Waals surface area contributed by atoms with Crippen LogP contribution in [0.25, 0.3) is 0 Å². The maximum atomic E-state index is 13.9. The Balaban J connectivity index is 1.71. The van der Waals surface area contributed by atoms with E-state index in [9.17, 15) is 22.4 Å². The first-order chi connectivity index (χ1) is 11.4. The molecule has 0 saturated carbocycles. The van der Waals surface area contributed by atoms with Crippen molar-refractivity contribution in [2.75, 3.05) is 11.9 Å². The van der Waals surface area contributed by atoms with E-state index in [1.54, 1.807) is 12.3 Å². The van der Waals surface area contributed by atoms with Crippen LogP contribution in [0.4, 0.5) is 23.4 Å². The van der Waals surface area contributed by atoms with Crippen LogP contribution in [0.15, 0.2) is 30.5 Å². The van der Waals surface area contributed by atoms with Gasteiger partial charge in [0.25, 0.3) is 0 Å². The van der Waals surface area contributed by atoms with Gasteiger partial charge in [-0.05, 0) is 12.5 Å². The lowest BCUT2D eigenvalue weighted by molar-refractivity contribution is -0.140. The molecule has 1 aliphatic heterocycles. The molecule has 9 heteroatoms. The van der Waals surface area contributed by atoms with E-state index in [0.29, 0.717) is 24.8 Å². The van der Waals surface area contributed by atoms with E-state index in [1.165, 1.54) is 10.7 Å². The van der Waals surface area contributed by atoms with Crippen LogP contribution < -0.4 is 10.6 Å². The number of rotatable bonds is 4. The molecule has 1 aromatic heterocycles. The van der Waals surface area contributed by atoms with Crippen molar-refractivity contribution in [2.45, 2.75) is 25.2 Å². The number of benzene rings is 1. The first kappa shape index (κ1) is 16.3. The summed E-state index contributed by atoms with van der Waals surface area (Å²) in [6.45, 7) is 0.422. The molecular weight excluding hydrogens is 328 g/mol. The first-order valence-corrected chi connectivity index (χ1v) is 7.27. The molecule has 1 amide bonds. The van der Waals surface area contributed by atoms with Gasteiger partial charge in [-0.25, -0.2) is 4.39 Å². The van der Waals surface area contributed by atoms with E-state index in [1.807, 2.05) is 0 Å². The quantitative estimate of drug-likeness (QED) is 0.840. The van der Waals surface area contributed by atoms with Gasteiger partial charge in [0.15, 0.2) is 0 Å². The van der Waals surface area contributed by atoms with Gasteiger partial charge in [-0.2, -0.15) is 18.3 Å². The summed E-state index contributed by atoms with van der Waals surface area (Å²) in [4.78, 5) is 11.6. The Morgan fingerprint density at radius 1 is 1.33 bits per heavy atom. The maximum Gasteiger partial charge on any atom is 0.419 e. The maximum absolute atomic E-state index is 13.9. The molecule has 1 unspecified atom stereocenters. The van der Waals surface area contributed by atoms with Gasteiger partial charge in [-0.3, -0.25) is 9.48 Å². The first-order valence-electron chi connectivity index (χ1n) is 7.27. The van der Waals surface area contributed by atoms with Crippen LogP contribution >= 0.6 is 0 Å². The Morgan fingerprint density at radius 3 is 2.79 bits per heavy atom. The van der Waals surface area contributed by atoms with Gasteiger partial charge >= 0.3 is 6.18 Å². The molecule has 0 radical (unpaired) electrons. The summed E-state index contributed by atoms with van der Waals surface area (Å²) in [5, 5.41) is 9.61. The van der Waals surface area contributed by atoms with Gasteiger partial charge in [0.05, 0.1) is 5.56 Å². The number of anilines is 1. The number of carbonyl (C=O) groups excluding carboxylic acids is 1. The second kappa shape index (κ2) is 6.14. The van der Waals surface area contributed by atoms with Crippen LogP contribution in [-0.2, 0) is 17.5 Å². The van der Waals surface area contributed by atoms with Crippen LogP contribution in [0.5, 0.6) is 0 Å². The van der Waals surface area contributed by atoms with Gasteiger partial charge in [-0.1, -0.05) is 12.1 Å². The summed E-state index contributed by atoms with van der Waals surface area (Å²) >= 11 is 0. The summed E-state index contributed by atoms with van der Waals surface area (Å²) in [5.41, 5.74) is -1.41. The Bertz CT molecular complexity index is 756. The van der Waals surface area contributed by atoms with Crippen LogP contribution in [0.1, 0.15) is 23.6 Å². The average Bonchev–Trinajstić information content (AvgIpc) is 3.13. The molecule has 5 nitrogen and oxygen atoms in total. The average molecular weight is 342 g/mol. The van der Waals surface area contributed by atoms with Crippen molar-refractivity contribution in [1.82, 2.24) is 15.1 Å². The number of nitrogens with zero attached hydrogens (tertiary/aromatic N) is 2. The number of halogens is 4. The largest absolute Gasteiger partial charge is 0.419 e. The SMILES string of the molecule is O=C1NCCC1n1ccc(NCc2cccc(C(F)(F)F)c2F)n1. The molecule has 2 heterocycles. The van der Waals surface area contributed by atoms with Crippen molar-refractivity contribution >= 4 is 11.7 Å². The molecule has 128 valence electrons. The van der Waals surface area contributed by atoms with Crippen molar-refractivity contribution in [3.8, 4) is 0 Å². The molecule has 0 bridgehead atoms. The second-order valence-corrected chi connectivity index (χ2v) is 5.41. The number of alkyl halides is 3. The van der Waals surface area contributed by atoms with Crippen LogP contribution in [0, 0.1) is 5.82 Å². The van der Waals surface area contributed by atoms with Gasteiger partial charge in [-0.15, -0.1) is 0 Å². The highest BCUT2D eigenvalue weighted by Gasteiger charge is 2.34. The normalized spacial score (nSPS) is 17.8. The molecule has 2 N–H and O–H groups in total. The highest BCUT2D eigenvalue weighted by molar-refractivity contribution is 5.82. The Morgan fingerprint density at radius 2 is 2.12 bits per heavy atom. The summed E-state index contributed by atoms with van der Waals surface area (Å²) in [6, 6.07) is 4.32. The lowest BCUT2D eigenvalue weighted by Crippen LogP contribution is -2.22. The van der Waals surface area contributed by atoms with Crippen molar-refractivity contribution in [3.05, 3.63) is 47.4 Å². The minimum atomic E-state index is -4.74. The minimum Gasteiger partial charge on any atom is -0.364 e. The van der Waals surface area contributed by atoms with Gasteiger partial charge in [0.2, 0.25) is 5.91 Å². The number of hydrogen-bond donors (Lipinski definition) is 2. The van der Waals surface area contributed by atoms with Crippen LogP contribution in [-0.4, -0.2) is 22.2 Å². The smallest absolute Gasteiger partial charge is 0.364 e. The number of amides is 1. The van der Waals surface area contributed by atoms with Crippen LogP contribution in [0.3, 0.4) is 0 Å². The molecule has 3 rings (SSSR count). The topological polar surface area (TPSA) is 59.0 Å². The van der Waals surface area contributed by atoms with E-state index < -0.39 is 23.6 Å². The lowest BCUT2D eigenvalue weighted by atomic mass is 10.1. The van der Waals surface area contributed by atoms with Gasteiger partial charge in [0, 0.05) is 30.9 Å². The highest BCUT2D eigenvalue weighted by Crippen LogP contribution is 2.32. The third-order valence-electron chi connectivity index (χ3n) is 3.79. The second-order valence-electron chi connectivity index (χ2n) is 5.41. The summed E-state index contributed by atoms with van der Waals surface area (Å²) in [5.74, 6) is -1.08. The zero-order valence-corrected chi connectivity index (χ0v) is 12.4. The summed E-state index contributed by atoms with van der Waals surface area (Å²) < 4.78 is 53.5. The van der Waals surface area contributed by atoms with E-state index >= 15 is 0 Å². The molecule has 1 aliphatic rings. The zero-order valence-electron chi connectivity index (χ0n) is 12.4. The third kappa shape index (κ3) is 3.19. The molecule has 1 saturated heterocycles. The molecular formula is C15H14F4N4O. The number of hydrogen-bond acceptors (Lipinski definition) is 3. The molecule has 0 aliphatic carbocycles. The molecule has 0 spiro atoms. The van der Waals surface area contributed by atoms with Crippen LogP contribution in [0.2, 0.25) is 0 Å². The predicted octanol–water partition coefficient (Wildman–Crippen LogP) is 2.71. The van der Waals surface area contributed by atoms with Gasteiger partial charge in [0.1, 0.15) is 17.7 Å². The van der Waals surface area contributed by atoms with Crippen molar-refractivity contribution in [1.29, 1.82) is 0 Å². The van der Waals surface area contributed by atoms with Crippen molar-refractivity contribution < 1.29 is 22.4 Å². The van der Waals surface area contributed by atoms with Crippen molar-refractivity contribution in [3.63, 3.8) is 0 Å². The number of nitrogens with one attached hydrogen (secondary N) is 2. The number of carbonyl (C=O) groups is 1.